The number of carbonyl (C=O) groups is 1. The van der Waals surface area contributed by atoms with Crippen LogP contribution in [0.4, 0.5) is 5.69 Å². The van der Waals surface area contributed by atoms with Gasteiger partial charge in [0.2, 0.25) is 0 Å². The highest BCUT2D eigenvalue weighted by Gasteiger charge is 2.59. The lowest BCUT2D eigenvalue weighted by atomic mass is 9.48. The molecule has 35 heavy (non-hydrogen) atoms. The molecular formula is C27H36ClN5O2. The van der Waals surface area contributed by atoms with Crippen molar-refractivity contribution in [3.05, 3.63) is 28.8 Å². The van der Waals surface area contributed by atoms with Crippen molar-refractivity contribution in [3.8, 4) is 6.19 Å². The number of benzene rings is 1. The van der Waals surface area contributed by atoms with E-state index in [0.29, 0.717) is 23.6 Å². The van der Waals surface area contributed by atoms with Gasteiger partial charge in [-0.2, -0.15) is 5.26 Å². The molecule has 0 aromatic heterocycles. The average molecular weight is 498 g/mol. The Morgan fingerprint density at radius 3 is 2.43 bits per heavy atom. The fourth-order valence-corrected chi connectivity index (χ4v) is 7.89. The molecule has 0 amide bonds. The number of carboxylic acids is 1. The summed E-state index contributed by atoms with van der Waals surface area (Å²) >= 11 is 6.52. The number of nitriles is 1. The van der Waals surface area contributed by atoms with E-state index in [9.17, 15) is 15.2 Å². The second-order valence-electron chi connectivity index (χ2n) is 11.7. The van der Waals surface area contributed by atoms with Gasteiger partial charge in [0.15, 0.2) is 6.19 Å². The molecule has 2 unspecified atom stereocenters. The summed E-state index contributed by atoms with van der Waals surface area (Å²) < 4.78 is 0. The van der Waals surface area contributed by atoms with E-state index in [4.69, 9.17) is 16.6 Å². The lowest BCUT2D eigenvalue weighted by molar-refractivity contribution is -0.166. The van der Waals surface area contributed by atoms with E-state index >= 15 is 0 Å². The minimum atomic E-state index is -0.624. The number of anilines is 1. The molecule has 1 heterocycles. The van der Waals surface area contributed by atoms with Crippen LogP contribution in [0, 0.1) is 41.5 Å². The number of hydrogen-bond acceptors (Lipinski definition) is 5. The highest BCUT2D eigenvalue weighted by Crippen LogP contribution is 2.61. The highest BCUT2D eigenvalue weighted by molar-refractivity contribution is 6.33. The van der Waals surface area contributed by atoms with Gasteiger partial charge in [-0.3, -0.25) is 20.0 Å². The van der Waals surface area contributed by atoms with Crippen LogP contribution in [-0.2, 0) is 4.79 Å². The summed E-state index contributed by atoms with van der Waals surface area (Å²) in [7, 11) is 0. The standard InChI is InChI=1S/C27H36ClN5O2/c1-17-4-5-22(21(28)10-17)32-6-8-33(9-7-32)26(2,3)24(30-16-29)31-23-19-11-18-12-20(23)15-27(13-18,14-19)25(34)35/h4-5,10,18-20,23H,6-9,11-15H2,1-3H3,(H,30,31)(H,34,35). The Morgan fingerprint density at radius 2 is 1.86 bits per heavy atom. The average Bonchev–Trinajstić information content (AvgIpc) is 2.80. The molecule has 1 aromatic carbocycles. The van der Waals surface area contributed by atoms with Crippen molar-refractivity contribution in [3.63, 3.8) is 0 Å². The molecule has 5 aliphatic rings. The Labute approximate surface area is 213 Å². The van der Waals surface area contributed by atoms with E-state index < -0.39 is 16.9 Å². The zero-order valence-electron chi connectivity index (χ0n) is 20.9. The first-order valence-electron chi connectivity index (χ1n) is 12.9. The van der Waals surface area contributed by atoms with Gasteiger partial charge in [0, 0.05) is 26.2 Å². The van der Waals surface area contributed by atoms with Crippen LogP contribution in [-0.4, -0.2) is 59.6 Å². The van der Waals surface area contributed by atoms with E-state index in [-0.39, 0.29) is 6.04 Å². The number of nitrogens with one attached hydrogen (secondary N) is 1. The molecule has 2 atom stereocenters. The lowest BCUT2D eigenvalue weighted by Crippen LogP contribution is -2.61. The number of piperazine rings is 1. The molecule has 188 valence electrons. The number of hydrogen-bond donors (Lipinski definition) is 2. The lowest BCUT2D eigenvalue weighted by Gasteiger charge is -2.57. The van der Waals surface area contributed by atoms with E-state index in [2.05, 4.69) is 47.3 Å². The van der Waals surface area contributed by atoms with Crippen LogP contribution in [0.5, 0.6) is 0 Å². The predicted molar refractivity (Wildman–Crippen MR) is 138 cm³/mol. The van der Waals surface area contributed by atoms with E-state index in [0.717, 1.165) is 74.6 Å². The van der Waals surface area contributed by atoms with Gasteiger partial charge < -0.3 is 10.0 Å². The van der Waals surface area contributed by atoms with Crippen LogP contribution in [0.15, 0.2) is 23.2 Å². The molecule has 0 spiro atoms. The second kappa shape index (κ2) is 8.97. The maximum Gasteiger partial charge on any atom is 0.309 e. The molecule has 2 N–H and O–H groups in total. The molecule has 4 saturated carbocycles. The summed E-state index contributed by atoms with van der Waals surface area (Å²) in [4.78, 5) is 22.0. The number of rotatable bonds is 5. The van der Waals surface area contributed by atoms with Crippen molar-refractivity contribution >= 4 is 29.1 Å². The van der Waals surface area contributed by atoms with Crippen LogP contribution in [0.25, 0.3) is 0 Å². The molecule has 5 fully saturated rings. The molecule has 1 saturated heterocycles. The van der Waals surface area contributed by atoms with Gasteiger partial charge in [0.1, 0.15) is 5.84 Å². The van der Waals surface area contributed by atoms with Gasteiger partial charge in [-0.25, -0.2) is 0 Å². The minimum Gasteiger partial charge on any atom is -0.481 e. The molecule has 0 radical (unpaired) electrons. The van der Waals surface area contributed by atoms with Gasteiger partial charge in [-0.05, 0) is 88.3 Å². The van der Waals surface area contributed by atoms with Crippen LogP contribution in [0.3, 0.4) is 0 Å². The van der Waals surface area contributed by atoms with Crippen molar-refractivity contribution in [2.24, 2.45) is 28.2 Å². The van der Waals surface area contributed by atoms with Crippen molar-refractivity contribution < 1.29 is 9.90 Å². The van der Waals surface area contributed by atoms with Crippen LogP contribution in [0.2, 0.25) is 5.02 Å². The summed E-state index contributed by atoms with van der Waals surface area (Å²) in [6, 6.07) is 6.30. The van der Waals surface area contributed by atoms with Crippen molar-refractivity contribution in [2.75, 3.05) is 31.1 Å². The number of nitrogens with zero attached hydrogens (tertiary/aromatic N) is 4. The van der Waals surface area contributed by atoms with Crippen molar-refractivity contribution in [2.45, 2.75) is 64.5 Å². The van der Waals surface area contributed by atoms with E-state index in [1.165, 1.54) is 0 Å². The predicted octanol–water partition coefficient (Wildman–Crippen LogP) is 4.30. The third-order valence-corrected chi connectivity index (χ3v) is 9.53. The second-order valence-corrected chi connectivity index (χ2v) is 12.2. The quantitative estimate of drug-likeness (QED) is 0.273. The fourth-order valence-electron chi connectivity index (χ4n) is 7.54. The molecule has 6 rings (SSSR count). The van der Waals surface area contributed by atoms with Crippen molar-refractivity contribution in [1.82, 2.24) is 10.2 Å². The summed E-state index contributed by atoms with van der Waals surface area (Å²) in [5.74, 6) is 1.19. The van der Waals surface area contributed by atoms with Gasteiger partial charge in [0.25, 0.3) is 0 Å². The van der Waals surface area contributed by atoms with Crippen molar-refractivity contribution in [1.29, 1.82) is 5.26 Å². The largest absolute Gasteiger partial charge is 0.481 e. The minimum absolute atomic E-state index is 0.0989. The number of aliphatic carboxylic acids is 1. The topological polar surface area (TPSA) is 92.0 Å². The normalized spacial score (nSPS) is 33.0. The Balaban J connectivity index is 1.33. The first-order valence-corrected chi connectivity index (χ1v) is 13.2. The maximum atomic E-state index is 12.1. The Morgan fingerprint density at radius 1 is 1.20 bits per heavy atom. The van der Waals surface area contributed by atoms with Gasteiger partial charge in [-0.1, -0.05) is 17.7 Å². The zero-order chi connectivity index (χ0) is 25.0. The summed E-state index contributed by atoms with van der Waals surface area (Å²) in [5, 5.41) is 23.2. The van der Waals surface area contributed by atoms with Crippen LogP contribution in [0.1, 0.15) is 51.5 Å². The third-order valence-electron chi connectivity index (χ3n) is 9.22. The molecule has 4 aliphatic carbocycles. The smallest absolute Gasteiger partial charge is 0.309 e. The molecule has 4 bridgehead atoms. The molecule has 8 heteroatoms. The van der Waals surface area contributed by atoms with Crippen LogP contribution < -0.4 is 10.2 Å². The number of aryl methyl sites for hydroxylation is 1. The Hall–Kier alpha value is -2.30. The highest BCUT2D eigenvalue weighted by atomic mass is 35.5. The van der Waals surface area contributed by atoms with Gasteiger partial charge >= 0.3 is 5.97 Å². The zero-order valence-corrected chi connectivity index (χ0v) is 21.7. The first kappa shape index (κ1) is 24.4. The Kier molecular flexibility index (Phi) is 6.26. The monoisotopic (exact) mass is 497 g/mol. The number of carboxylic acid groups (broad SMARTS) is 1. The SMILES string of the molecule is Cc1ccc(N2CCN(C(C)(C)C(=NC3C4CC5CC3CC(C(=O)O)(C5)C4)NC#N)CC2)c(Cl)c1. The molecule has 7 nitrogen and oxygen atoms in total. The molecule has 1 aliphatic heterocycles. The molecule has 1 aromatic rings. The third kappa shape index (κ3) is 4.29. The summed E-state index contributed by atoms with van der Waals surface area (Å²) in [6.07, 6.45) is 6.53. The summed E-state index contributed by atoms with van der Waals surface area (Å²) in [6.45, 7) is 9.70. The fraction of sp³-hybridized carbons (Fsp3) is 0.667. The number of amidine groups is 1. The maximum absolute atomic E-state index is 12.1. The van der Waals surface area contributed by atoms with Gasteiger partial charge in [-0.15, -0.1) is 0 Å². The molecular weight excluding hydrogens is 462 g/mol. The first-order chi connectivity index (χ1) is 16.6. The van der Waals surface area contributed by atoms with Crippen LogP contribution >= 0.6 is 11.6 Å². The number of aliphatic imine (C=N–C) groups is 1. The number of halogens is 1. The Bertz CT molecular complexity index is 1060. The van der Waals surface area contributed by atoms with E-state index in [1.807, 2.05) is 13.0 Å². The van der Waals surface area contributed by atoms with Gasteiger partial charge in [0.05, 0.1) is 27.7 Å². The van der Waals surface area contributed by atoms with E-state index in [1.54, 1.807) is 0 Å². The summed E-state index contributed by atoms with van der Waals surface area (Å²) in [5.41, 5.74) is 1.24.